The highest BCUT2D eigenvalue weighted by Crippen LogP contribution is 2.25. The molecule has 0 saturated carbocycles. The zero-order valence-electron chi connectivity index (χ0n) is 10.9. The molecule has 5 nitrogen and oxygen atoms in total. The van der Waals surface area contributed by atoms with Crippen molar-refractivity contribution in [2.45, 2.75) is 32.2 Å². The molecule has 5 heteroatoms. The summed E-state index contributed by atoms with van der Waals surface area (Å²) >= 11 is 0. The van der Waals surface area contributed by atoms with Crippen molar-refractivity contribution in [1.82, 2.24) is 5.32 Å². The standard InChI is InChI=1S/C14H18N2O3/c1-2-11(14(18)19)16-13(17)10-5-3-7-12-9(10)6-4-8-15-12/h3,5,7,11,15H,2,4,6,8H2,1H3,(H,16,17)(H,18,19)/t11-/m1/s1. The monoisotopic (exact) mass is 262 g/mol. The van der Waals surface area contributed by atoms with E-state index in [2.05, 4.69) is 10.6 Å². The minimum atomic E-state index is -1.00. The van der Waals surface area contributed by atoms with E-state index in [9.17, 15) is 9.59 Å². The fourth-order valence-corrected chi connectivity index (χ4v) is 2.30. The Morgan fingerprint density at radius 1 is 1.47 bits per heavy atom. The summed E-state index contributed by atoms with van der Waals surface area (Å²) in [5.41, 5.74) is 2.53. The molecule has 0 bridgehead atoms. The van der Waals surface area contributed by atoms with E-state index >= 15 is 0 Å². The third kappa shape index (κ3) is 2.86. The normalized spacial score (nSPS) is 15.0. The van der Waals surface area contributed by atoms with E-state index in [4.69, 9.17) is 5.11 Å². The van der Waals surface area contributed by atoms with Gasteiger partial charge < -0.3 is 15.7 Å². The number of amides is 1. The lowest BCUT2D eigenvalue weighted by molar-refractivity contribution is -0.139. The summed E-state index contributed by atoms with van der Waals surface area (Å²) in [5, 5.41) is 14.8. The Balaban J connectivity index is 2.22. The SMILES string of the molecule is CC[C@@H](NC(=O)c1cccc2c1CCCN2)C(=O)O. The van der Waals surface area contributed by atoms with Crippen LogP contribution in [0.4, 0.5) is 5.69 Å². The Morgan fingerprint density at radius 2 is 2.26 bits per heavy atom. The van der Waals surface area contributed by atoms with Crippen molar-refractivity contribution in [3.8, 4) is 0 Å². The lowest BCUT2D eigenvalue weighted by Crippen LogP contribution is -2.40. The van der Waals surface area contributed by atoms with Crippen molar-refractivity contribution in [3.05, 3.63) is 29.3 Å². The Bertz CT molecular complexity index is 499. The van der Waals surface area contributed by atoms with Crippen LogP contribution in [-0.4, -0.2) is 29.6 Å². The molecule has 1 aromatic carbocycles. The molecule has 102 valence electrons. The van der Waals surface area contributed by atoms with Crippen molar-refractivity contribution in [2.75, 3.05) is 11.9 Å². The van der Waals surface area contributed by atoms with Gasteiger partial charge in [0.1, 0.15) is 6.04 Å². The van der Waals surface area contributed by atoms with Crippen LogP contribution in [0.2, 0.25) is 0 Å². The smallest absolute Gasteiger partial charge is 0.326 e. The maximum atomic E-state index is 12.2. The molecule has 1 aliphatic rings. The fraction of sp³-hybridized carbons (Fsp3) is 0.429. The summed E-state index contributed by atoms with van der Waals surface area (Å²) in [6.07, 6.45) is 2.19. The van der Waals surface area contributed by atoms with Crippen molar-refractivity contribution in [1.29, 1.82) is 0 Å². The van der Waals surface area contributed by atoms with E-state index in [0.29, 0.717) is 12.0 Å². The molecule has 0 aliphatic carbocycles. The second-order valence-electron chi connectivity index (χ2n) is 4.63. The van der Waals surface area contributed by atoms with Crippen LogP contribution in [0.3, 0.4) is 0 Å². The Kier molecular flexibility index (Phi) is 4.04. The topological polar surface area (TPSA) is 78.4 Å². The number of benzene rings is 1. The summed E-state index contributed by atoms with van der Waals surface area (Å²) in [7, 11) is 0. The molecule has 1 aromatic rings. The summed E-state index contributed by atoms with van der Waals surface area (Å²) in [6, 6.07) is 4.67. The number of carboxylic acids is 1. The number of hydrogen-bond acceptors (Lipinski definition) is 3. The van der Waals surface area contributed by atoms with Gasteiger partial charge >= 0.3 is 5.97 Å². The number of anilines is 1. The van der Waals surface area contributed by atoms with Gasteiger partial charge in [-0.3, -0.25) is 4.79 Å². The van der Waals surface area contributed by atoms with Gasteiger partial charge in [0, 0.05) is 17.8 Å². The molecule has 2 rings (SSSR count). The van der Waals surface area contributed by atoms with E-state index in [-0.39, 0.29) is 5.91 Å². The van der Waals surface area contributed by atoms with Crippen LogP contribution in [0.5, 0.6) is 0 Å². The van der Waals surface area contributed by atoms with Crippen molar-refractivity contribution < 1.29 is 14.7 Å². The number of fused-ring (bicyclic) bond motifs is 1. The van der Waals surface area contributed by atoms with Crippen LogP contribution < -0.4 is 10.6 Å². The van der Waals surface area contributed by atoms with E-state index in [0.717, 1.165) is 30.6 Å². The fourth-order valence-electron chi connectivity index (χ4n) is 2.30. The maximum absolute atomic E-state index is 12.2. The quantitative estimate of drug-likeness (QED) is 0.770. The Morgan fingerprint density at radius 3 is 2.95 bits per heavy atom. The first kappa shape index (κ1) is 13.4. The largest absolute Gasteiger partial charge is 0.480 e. The average Bonchev–Trinajstić information content (AvgIpc) is 2.43. The van der Waals surface area contributed by atoms with Crippen molar-refractivity contribution in [3.63, 3.8) is 0 Å². The van der Waals surface area contributed by atoms with Gasteiger partial charge in [-0.1, -0.05) is 13.0 Å². The highest BCUT2D eigenvalue weighted by atomic mass is 16.4. The Labute approximate surface area is 112 Å². The Hall–Kier alpha value is -2.04. The highest BCUT2D eigenvalue weighted by molar-refractivity contribution is 5.99. The van der Waals surface area contributed by atoms with Crippen molar-refractivity contribution >= 4 is 17.6 Å². The molecule has 0 spiro atoms. The third-order valence-electron chi connectivity index (χ3n) is 3.35. The van der Waals surface area contributed by atoms with Gasteiger partial charge in [0.25, 0.3) is 5.91 Å². The highest BCUT2D eigenvalue weighted by Gasteiger charge is 2.22. The molecular weight excluding hydrogens is 244 g/mol. The lowest BCUT2D eigenvalue weighted by Gasteiger charge is -2.21. The van der Waals surface area contributed by atoms with Crippen LogP contribution >= 0.6 is 0 Å². The van der Waals surface area contributed by atoms with Gasteiger partial charge in [-0.2, -0.15) is 0 Å². The minimum Gasteiger partial charge on any atom is -0.480 e. The molecule has 0 unspecified atom stereocenters. The maximum Gasteiger partial charge on any atom is 0.326 e. The first-order valence-corrected chi connectivity index (χ1v) is 6.53. The van der Waals surface area contributed by atoms with Gasteiger partial charge in [-0.05, 0) is 37.0 Å². The molecule has 19 heavy (non-hydrogen) atoms. The second-order valence-corrected chi connectivity index (χ2v) is 4.63. The van der Waals surface area contributed by atoms with Crippen LogP contribution in [0.15, 0.2) is 18.2 Å². The summed E-state index contributed by atoms with van der Waals surface area (Å²) in [4.78, 5) is 23.1. The van der Waals surface area contributed by atoms with E-state index in [1.165, 1.54) is 0 Å². The summed E-state index contributed by atoms with van der Waals surface area (Å²) < 4.78 is 0. The van der Waals surface area contributed by atoms with Gasteiger partial charge in [0.15, 0.2) is 0 Å². The molecule has 0 fully saturated rings. The third-order valence-corrected chi connectivity index (χ3v) is 3.35. The van der Waals surface area contributed by atoms with E-state index in [1.807, 2.05) is 12.1 Å². The number of hydrogen-bond donors (Lipinski definition) is 3. The summed E-state index contributed by atoms with van der Waals surface area (Å²) in [5.74, 6) is -1.31. The predicted octanol–water partition coefficient (Wildman–Crippen LogP) is 1.64. The molecule has 0 saturated heterocycles. The average molecular weight is 262 g/mol. The van der Waals surface area contributed by atoms with Gasteiger partial charge in [0.2, 0.25) is 0 Å². The molecular formula is C14H18N2O3. The predicted molar refractivity (Wildman–Crippen MR) is 72.4 cm³/mol. The first-order valence-electron chi connectivity index (χ1n) is 6.53. The number of rotatable bonds is 4. The first-order chi connectivity index (χ1) is 9.13. The molecule has 3 N–H and O–H groups in total. The number of carbonyl (C=O) groups excluding carboxylic acids is 1. The molecule has 1 aliphatic heterocycles. The van der Waals surface area contributed by atoms with Crippen LogP contribution in [-0.2, 0) is 11.2 Å². The van der Waals surface area contributed by atoms with Crippen LogP contribution in [0.25, 0.3) is 0 Å². The number of aliphatic carboxylic acids is 1. The van der Waals surface area contributed by atoms with Crippen LogP contribution in [0.1, 0.15) is 35.7 Å². The molecule has 1 atom stereocenters. The molecule has 1 amide bonds. The van der Waals surface area contributed by atoms with Gasteiger partial charge in [0.05, 0.1) is 0 Å². The number of nitrogens with one attached hydrogen (secondary N) is 2. The molecule has 0 radical (unpaired) electrons. The van der Waals surface area contributed by atoms with Crippen molar-refractivity contribution in [2.24, 2.45) is 0 Å². The second kappa shape index (κ2) is 5.73. The summed E-state index contributed by atoms with van der Waals surface area (Å²) in [6.45, 7) is 2.64. The number of carbonyl (C=O) groups is 2. The molecule has 0 aromatic heterocycles. The van der Waals surface area contributed by atoms with E-state index < -0.39 is 12.0 Å². The number of carboxylic acid groups (broad SMARTS) is 1. The van der Waals surface area contributed by atoms with Gasteiger partial charge in [-0.25, -0.2) is 4.79 Å². The van der Waals surface area contributed by atoms with Crippen LogP contribution in [0, 0.1) is 0 Å². The lowest BCUT2D eigenvalue weighted by atomic mass is 9.97. The minimum absolute atomic E-state index is 0.310. The van der Waals surface area contributed by atoms with E-state index in [1.54, 1.807) is 13.0 Å². The zero-order chi connectivity index (χ0) is 13.8. The van der Waals surface area contributed by atoms with Gasteiger partial charge in [-0.15, -0.1) is 0 Å². The molecule has 1 heterocycles. The zero-order valence-corrected chi connectivity index (χ0v) is 10.9.